The third-order valence-electron chi connectivity index (χ3n) is 3.46. The lowest BCUT2D eigenvalue weighted by Crippen LogP contribution is -2.41. The number of amides is 1. The average molecular weight is 361 g/mol. The van der Waals surface area contributed by atoms with Gasteiger partial charge in [-0.2, -0.15) is 11.8 Å². The first-order valence-corrected chi connectivity index (χ1v) is 8.39. The van der Waals surface area contributed by atoms with Crippen LogP contribution >= 0.6 is 27.7 Å². The predicted molar refractivity (Wildman–Crippen MR) is 85.9 cm³/mol. The highest BCUT2D eigenvalue weighted by atomic mass is 79.9. The van der Waals surface area contributed by atoms with Crippen LogP contribution in [0.15, 0.2) is 16.6 Å². The van der Waals surface area contributed by atoms with E-state index in [0.29, 0.717) is 21.3 Å². The number of carbonyl (C=O) groups is 1. The van der Waals surface area contributed by atoms with Crippen molar-refractivity contribution in [2.45, 2.75) is 19.1 Å². The van der Waals surface area contributed by atoms with Crippen LogP contribution in [-0.4, -0.2) is 30.0 Å². The molecule has 0 bridgehead atoms. The number of carbonyl (C=O) groups excluding carboxylic acids is 1. The van der Waals surface area contributed by atoms with Crippen molar-refractivity contribution in [2.75, 3.05) is 23.7 Å². The van der Waals surface area contributed by atoms with Crippen molar-refractivity contribution in [2.24, 2.45) is 11.7 Å². The maximum atomic E-state index is 14.0. The molecule has 0 radical (unpaired) electrons. The molecule has 1 heterocycles. The van der Waals surface area contributed by atoms with E-state index in [4.69, 9.17) is 5.73 Å². The van der Waals surface area contributed by atoms with Gasteiger partial charge < -0.3 is 10.6 Å². The first-order chi connectivity index (χ1) is 9.40. The third-order valence-corrected chi connectivity index (χ3v) is 5.46. The van der Waals surface area contributed by atoms with E-state index < -0.39 is 11.7 Å². The van der Waals surface area contributed by atoms with E-state index >= 15 is 0 Å². The normalized spacial score (nSPS) is 19.4. The zero-order chi connectivity index (χ0) is 14.9. The molecule has 1 saturated heterocycles. The van der Waals surface area contributed by atoms with Crippen LogP contribution in [0, 0.1) is 11.7 Å². The minimum absolute atomic E-state index is 0.0115. The highest BCUT2D eigenvalue weighted by Gasteiger charge is 2.27. The Morgan fingerprint density at radius 2 is 2.25 bits per heavy atom. The van der Waals surface area contributed by atoms with E-state index in [9.17, 15) is 9.18 Å². The molecule has 110 valence electrons. The van der Waals surface area contributed by atoms with Gasteiger partial charge in [-0.05, 0) is 18.1 Å². The summed E-state index contributed by atoms with van der Waals surface area (Å²) in [7, 11) is 0. The van der Waals surface area contributed by atoms with Gasteiger partial charge in [0.05, 0.1) is 11.3 Å². The largest absolute Gasteiger partial charge is 0.369 e. The highest BCUT2D eigenvalue weighted by molar-refractivity contribution is 9.10. The van der Waals surface area contributed by atoms with Crippen molar-refractivity contribution in [1.29, 1.82) is 0 Å². The molecule has 3 nitrogen and oxygen atoms in total. The molecular formula is C14H18BrFN2OS. The van der Waals surface area contributed by atoms with Crippen molar-refractivity contribution >= 4 is 39.3 Å². The smallest absolute Gasteiger partial charge is 0.253 e. The molecule has 1 aromatic carbocycles. The van der Waals surface area contributed by atoms with Gasteiger partial charge in [-0.25, -0.2) is 4.39 Å². The van der Waals surface area contributed by atoms with E-state index in [1.54, 1.807) is 6.07 Å². The summed E-state index contributed by atoms with van der Waals surface area (Å²) in [5, 5.41) is 0.478. The lowest BCUT2D eigenvalue weighted by atomic mass is 10.1. The number of hydrogen-bond donors (Lipinski definition) is 1. The molecule has 1 unspecified atom stereocenters. The minimum Gasteiger partial charge on any atom is -0.369 e. The highest BCUT2D eigenvalue weighted by Crippen LogP contribution is 2.33. The zero-order valence-electron chi connectivity index (χ0n) is 11.5. The van der Waals surface area contributed by atoms with Gasteiger partial charge in [-0.15, -0.1) is 0 Å². The zero-order valence-corrected chi connectivity index (χ0v) is 13.9. The SMILES string of the molecule is CC(C)C1CN(c2cc(Br)cc(F)c2C(N)=O)CCS1. The number of primary amides is 1. The van der Waals surface area contributed by atoms with Gasteiger partial charge in [-0.1, -0.05) is 29.8 Å². The fourth-order valence-electron chi connectivity index (χ4n) is 2.35. The third kappa shape index (κ3) is 3.28. The Balaban J connectivity index is 2.38. The van der Waals surface area contributed by atoms with Gasteiger partial charge in [0.15, 0.2) is 0 Å². The second kappa shape index (κ2) is 6.35. The lowest BCUT2D eigenvalue weighted by molar-refractivity contribution is 0.0997. The summed E-state index contributed by atoms with van der Waals surface area (Å²) < 4.78 is 14.6. The quantitative estimate of drug-likeness (QED) is 0.899. The van der Waals surface area contributed by atoms with E-state index in [2.05, 4.69) is 34.7 Å². The molecule has 1 fully saturated rings. The molecule has 1 amide bonds. The van der Waals surface area contributed by atoms with Crippen LogP contribution in [0.3, 0.4) is 0 Å². The molecule has 0 saturated carbocycles. The molecule has 1 aromatic rings. The van der Waals surface area contributed by atoms with Crippen molar-refractivity contribution in [3.63, 3.8) is 0 Å². The Morgan fingerprint density at radius 3 is 2.85 bits per heavy atom. The summed E-state index contributed by atoms with van der Waals surface area (Å²) in [5.41, 5.74) is 5.92. The number of nitrogens with zero attached hydrogens (tertiary/aromatic N) is 1. The molecule has 2 rings (SSSR count). The molecule has 0 aliphatic carbocycles. The predicted octanol–water partition coefficient (Wildman–Crippen LogP) is 3.26. The summed E-state index contributed by atoms with van der Waals surface area (Å²) in [6, 6.07) is 3.05. The monoisotopic (exact) mass is 360 g/mol. The van der Waals surface area contributed by atoms with Crippen LogP contribution in [0.2, 0.25) is 0 Å². The van der Waals surface area contributed by atoms with Crippen LogP contribution in [0.1, 0.15) is 24.2 Å². The topological polar surface area (TPSA) is 46.3 Å². The second-order valence-corrected chi connectivity index (χ2v) is 7.51. The standard InChI is InChI=1S/C14H18BrFN2OS/c1-8(2)12-7-18(3-4-20-12)11-6-9(15)5-10(16)13(11)14(17)19/h5-6,8,12H,3-4,7H2,1-2H3,(H2,17,19). The summed E-state index contributed by atoms with van der Waals surface area (Å²) in [6.07, 6.45) is 0. The van der Waals surface area contributed by atoms with Gasteiger partial charge >= 0.3 is 0 Å². The summed E-state index contributed by atoms with van der Waals surface area (Å²) >= 11 is 5.21. The molecule has 1 aliphatic heterocycles. The second-order valence-electron chi connectivity index (χ2n) is 5.25. The number of benzene rings is 1. The van der Waals surface area contributed by atoms with Crippen molar-refractivity contribution in [3.8, 4) is 0 Å². The average Bonchev–Trinajstić information content (AvgIpc) is 2.37. The van der Waals surface area contributed by atoms with Crippen LogP contribution < -0.4 is 10.6 Å². The van der Waals surface area contributed by atoms with Crippen molar-refractivity contribution in [1.82, 2.24) is 0 Å². The van der Waals surface area contributed by atoms with E-state index in [1.165, 1.54) is 6.07 Å². The van der Waals surface area contributed by atoms with Crippen LogP contribution in [-0.2, 0) is 0 Å². The Labute approximate surface area is 131 Å². The maximum absolute atomic E-state index is 14.0. The van der Waals surface area contributed by atoms with Gasteiger partial charge in [0.1, 0.15) is 5.82 Å². The Bertz CT molecular complexity index is 524. The van der Waals surface area contributed by atoms with Crippen LogP contribution in [0.4, 0.5) is 10.1 Å². The molecule has 2 N–H and O–H groups in total. The molecule has 1 atom stereocenters. The number of rotatable bonds is 3. The summed E-state index contributed by atoms with van der Waals surface area (Å²) in [4.78, 5) is 13.6. The first-order valence-electron chi connectivity index (χ1n) is 6.55. The first kappa shape index (κ1) is 15.6. The fraction of sp³-hybridized carbons (Fsp3) is 0.500. The molecule has 0 spiro atoms. The van der Waals surface area contributed by atoms with E-state index in [-0.39, 0.29) is 5.56 Å². The van der Waals surface area contributed by atoms with Gasteiger partial charge in [0.25, 0.3) is 5.91 Å². The van der Waals surface area contributed by atoms with Crippen molar-refractivity contribution in [3.05, 3.63) is 28.0 Å². The van der Waals surface area contributed by atoms with Gasteiger partial charge in [0, 0.05) is 28.6 Å². The van der Waals surface area contributed by atoms with Crippen LogP contribution in [0.5, 0.6) is 0 Å². The Morgan fingerprint density at radius 1 is 1.55 bits per heavy atom. The summed E-state index contributed by atoms with van der Waals surface area (Å²) in [6.45, 7) is 5.96. The summed E-state index contributed by atoms with van der Waals surface area (Å²) in [5.74, 6) is 0.220. The number of thioether (sulfide) groups is 1. The molecule has 1 aliphatic rings. The minimum atomic E-state index is -0.718. The van der Waals surface area contributed by atoms with Gasteiger partial charge in [-0.3, -0.25) is 4.79 Å². The van der Waals surface area contributed by atoms with Crippen LogP contribution in [0.25, 0.3) is 0 Å². The number of nitrogens with two attached hydrogens (primary N) is 1. The van der Waals surface area contributed by atoms with Crippen molar-refractivity contribution < 1.29 is 9.18 Å². The van der Waals surface area contributed by atoms with E-state index in [1.807, 2.05) is 11.8 Å². The number of halogens is 2. The Hall–Kier alpha value is -0.750. The molecule has 0 aromatic heterocycles. The number of hydrogen-bond acceptors (Lipinski definition) is 3. The van der Waals surface area contributed by atoms with E-state index in [0.717, 1.165) is 18.8 Å². The lowest BCUT2D eigenvalue weighted by Gasteiger charge is -2.36. The molecular weight excluding hydrogens is 343 g/mol. The maximum Gasteiger partial charge on any atom is 0.253 e. The molecule has 6 heteroatoms. The van der Waals surface area contributed by atoms with Gasteiger partial charge in [0.2, 0.25) is 0 Å². The number of anilines is 1. The molecule has 20 heavy (non-hydrogen) atoms. The fourth-order valence-corrected chi connectivity index (χ4v) is 4.07. The Kier molecular flexibility index (Phi) is 4.96.